The molecule has 5 N–H and O–H groups in total. The molecular formula is C19H30O8. The smallest absolute Gasteiger partial charge is 0.187 e. The van der Waals surface area contributed by atoms with E-state index in [0.717, 1.165) is 5.57 Å². The lowest BCUT2D eigenvalue weighted by atomic mass is 9.70. The van der Waals surface area contributed by atoms with E-state index in [1.807, 2.05) is 13.8 Å². The predicted octanol–water partition coefficient (Wildman–Crippen LogP) is -0.576. The quantitative estimate of drug-likeness (QED) is 0.396. The van der Waals surface area contributed by atoms with Crippen molar-refractivity contribution in [1.29, 1.82) is 0 Å². The van der Waals surface area contributed by atoms with Crippen LogP contribution in [-0.4, -0.2) is 80.8 Å². The Bertz CT molecular complexity index is 609. The first-order valence-corrected chi connectivity index (χ1v) is 9.03. The largest absolute Gasteiger partial charge is 0.394 e. The summed E-state index contributed by atoms with van der Waals surface area (Å²) in [7, 11) is 0. The van der Waals surface area contributed by atoms with Crippen molar-refractivity contribution in [2.24, 2.45) is 5.41 Å². The number of hydrogen-bond donors (Lipinski definition) is 5. The molecule has 1 fully saturated rings. The Labute approximate surface area is 158 Å². The van der Waals surface area contributed by atoms with Gasteiger partial charge in [0.1, 0.15) is 30.5 Å². The lowest BCUT2D eigenvalue weighted by Gasteiger charge is -2.45. The van der Waals surface area contributed by atoms with Gasteiger partial charge in [-0.15, -0.1) is 0 Å². The molecule has 0 amide bonds. The maximum absolute atomic E-state index is 11.3. The average molecular weight is 386 g/mol. The van der Waals surface area contributed by atoms with Crippen molar-refractivity contribution in [3.63, 3.8) is 0 Å². The van der Waals surface area contributed by atoms with E-state index in [0.29, 0.717) is 12.0 Å². The van der Waals surface area contributed by atoms with E-state index in [9.17, 15) is 30.3 Å². The zero-order valence-corrected chi connectivity index (χ0v) is 16.1. The van der Waals surface area contributed by atoms with Gasteiger partial charge in [0, 0.05) is 0 Å². The fourth-order valence-corrected chi connectivity index (χ4v) is 3.79. The van der Waals surface area contributed by atoms with Crippen LogP contribution in [0.4, 0.5) is 0 Å². The zero-order chi connectivity index (χ0) is 20.5. The summed E-state index contributed by atoms with van der Waals surface area (Å²) in [5.74, 6) is -0.108. The van der Waals surface area contributed by atoms with Gasteiger partial charge < -0.3 is 35.0 Å². The number of ketones is 1. The van der Waals surface area contributed by atoms with Crippen LogP contribution in [0.15, 0.2) is 23.3 Å². The average Bonchev–Trinajstić information content (AvgIpc) is 2.57. The molecule has 2 rings (SSSR count). The van der Waals surface area contributed by atoms with Crippen molar-refractivity contribution in [2.45, 2.75) is 77.0 Å². The molecule has 0 radical (unpaired) electrons. The van der Waals surface area contributed by atoms with E-state index in [1.165, 1.54) is 13.0 Å². The van der Waals surface area contributed by atoms with Gasteiger partial charge in [-0.25, -0.2) is 0 Å². The Balaban J connectivity index is 2.30. The van der Waals surface area contributed by atoms with Crippen molar-refractivity contribution in [3.8, 4) is 0 Å². The van der Waals surface area contributed by atoms with Crippen LogP contribution < -0.4 is 0 Å². The summed E-state index contributed by atoms with van der Waals surface area (Å²) >= 11 is 0. The molecule has 0 aromatic heterocycles. The molecule has 1 heterocycles. The molecule has 1 aliphatic heterocycles. The highest BCUT2D eigenvalue weighted by Gasteiger charge is 2.47. The van der Waals surface area contributed by atoms with Crippen LogP contribution in [0.25, 0.3) is 0 Å². The van der Waals surface area contributed by atoms with Gasteiger partial charge in [0.2, 0.25) is 0 Å². The number of allylic oxidation sites excluding steroid dienone is 3. The number of carbonyl (C=O) groups is 1. The van der Waals surface area contributed by atoms with Crippen molar-refractivity contribution >= 4 is 5.78 Å². The number of hydrogen-bond acceptors (Lipinski definition) is 8. The third-order valence-electron chi connectivity index (χ3n) is 5.26. The Hall–Kier alpha value is -1.13. The molecule has 2 aliphatic rings. The van der Waals surface area contributed by atoms with Crippen LogP contribution in [0, 0.1) is 5.41 Å². The Morgan fingerprint density at radius 2 is 1.85 bits per heavy atom. The van der Waals surface area contributed by atoms with E-state index in [2.05, 4.69) is 0 Å². The molecule has 7 atom stereocenters. The van der Waals surface area contributed by atoms with Crippen LogP contribution >= 0.6 is 0 Å². The zero-order valence-electron chi connectivity index (χ0n) is 16.1. The minimum atomic E-state index is -1.56. The number of aliphatic hydroxyl groups is 5. The van der Waals surface area contributed by atoms with Crippen LogP contribution in [0.3, 0.4) is 0 Å². The van der Waals surface area contributed by atoms with Crippen LogP contribution in [0.5, 0.6) is 0 Å². The molecule has 0 saturated carbocycles. The normalized spacial score (nSPS) is 39.8. The number of aliphatic hydroxyl groups excluding tert-OH is 5. The first kappa shape index (κ1) is 22.2. The van der Waals surface area contributed by atoms with Crippen LogP contribution in [-0.2, 0) is 14.3 Å². The fourth-order valence-electron chi connectivity index (χ4n) is 3.79. The first-order valence-electron chi connectivity index (χ1n) is 9.03. The monoisotopic (exact) mass is 386 g/mol. The SMILES string of the molecule is CC(=O)/C=C/C1=C(C)[C@H](O[C@@H]2O[C@H](CO)[C@H](O)[C@H](O)[C@H]2O)[C@H](O)CC1(C)C. The predicted molar refractivity (Wildman–Crippen MR) is 95.6 cm³/mol. The number of ether oxygens (including phenoxy) is 2. The molecule has 1 saturated heterocycles. The van der Waals surface area contributed by atoms with Gasteiger partial charge in [0.05, 0.1) is 12.7 Å². The topological polar surface area (TPSA) is 137 Å². The van der Waals surface area contributed by atoms with Crippen molar-refractivity contribution in [2.75, 3.05) is 6.61 Å². The molecular weight excluding hydrogens is 356 g/mol. The lowest BCUT2D eigenvalue weighted by molar-refractivity contribution is -0.314. The second-order valence-corrected chi connectivity index (χ2v) is 7.95. The van der Waals surface area contributed by atoms with E-state index in [-0.39, 0.29) is 5.78 Å². The molecule has 0 aromatic carbocycles. The summed E-state index contributed by atoms with van der Waals surface area (Å²) in [6, 6.07) is 0. The summed E-state index contributed by atoms with van der Waals surface area (Å²) in [6.45, 7) is 6.54. The van der Waals surface area contributed by atoms with E-state index in [4.69, 9.17) is 9.47 Å². The molecule has 0 aromatic rings. The summed E-state index contributed by atoms with van der Waals surface area (Å²) < 4.78 is 11.1. The van der Waals surface area contributed by atoms with E-state index >= 15 is 0 Å². The molecule has 0 unspecified atom stereocenters. The standard InChI is InChI=1S/C19H30O8/c1-9(21)5-6-11-10(2)17(12(22)7-19(11,3)4)27-18-16(25)15(24)14(23)13(8-20)26-18/h5-6,12-18,20,22-25H,7-8H2,1-4H3/b6-5+/t12-,13-,14+,15+,16-,17+,18+/m1/s1. The van der Waals surface area contributed by atoms with E-state index in [1.54, 1.807) is 13.0 Å². The Morgan fingerprint density at radius 3 is 2.41 bits per heavy atom. The van der Waals surface area contributed by atoms with Gasteiger partial charge in [-0.3, -0.25) is 4.79 Å². The van der Waals surface area contributed by atoms with Gasteiger partial charge >= 0.3 is 0 Å². The van der Waals surface area contributed by atoms with Crippen LogP contribution in [0.2, 0.25) is 0 Å². The van der Waals surface area contributed by atoms with Crippen molar-refractivity contribution in [1.82, 2.24) is 0 Å². The first-order chi connectivity index (χ1) is 12.5. The summed E-state index contributed by atoms with van der Waals surface area (Å²) in [5, 5.41) is 49.8. The molecule has 1 aliphatic carbocycles. The molecule has 0 bridgehead atoms. The summed E-state index contributed by atoms with van der Waals surface area (Å²) in [6.07, 6.45) is -5.26. The second kappa shape index (κ2) is 8.48. The van der Waals surface area contributed by atoms with Crippen molar-refractivity contribution in [3.05, 3.63) is 23.3 Å². The van der Waals surface area contributed by atoms with E-state index < -0.39 is 54.9 Å². The van der Waals surface area contributed by atoms with Crippen LogP contribution in [0.1, 0.15) is 34.1 Å². The van der Waals surface area contributed by atoms with Gasteiger partial charge in [-0.2, -0.15) is 0 Å². The molecule has 0 spiro atoms. The number of carbonyl (C=O) groups excluding carboxylic acids is 1. The van der Waals surface area contributed by atoms with Gasteiger partial charge in [0.15, 0.2) is 12.1 Å². The lowest BCUT2D eigenvalue weighted by Crippen LogP contribution is -2.60. The minimum absolute atomic E-state index is 0.108. The Kier molecular flexibility index (Phi) is 6.96. The highest BCUT2D eigenvalue weighted by Crippen LogP contribution is 2.42. The van der Waals surface area contributed by atoms with Gasteiger partial charge in [-0.1, -0.05) is 19.9 Å². The molecule has 154 valence electrons. The molecule has 27 heavy (non-hydrogen) atoms. The van der Waals surface area contributed by atoms with Gasteiger partial charge in [0.25, 0.3) is 0 Å². The van der Waals surface area contributed by atoms with Crippen molar-refractivity contribution < 1.29 is 39.8 Å². The Morgan fingerprint density at radius 1 is 1.22 bits per heavy atom. The highest BCUT2D eigenvalue weighted by atomic mass is 16.7. The second-order valence-electron chi connectivity index (χ2n) is 7.95. The third-order valence-corrected chi connectivity index (χ3v) is 5.26. The third kappa shape index (κ3) is 4.65. The highest BCUT2D eigenvalue weighted by molar-refractivity contribution is 5.87. The number of rotatable bonds is 5. The minimum Gasteiger partial charge on any atom is -0.394 e. The summed E-state index contributed by atoms with van der Waals surface area (Å²) in [4.78, 5) is 11.3. The fraction of sp³-hybridized carbons (Fsp3) is 0.737. The maximum atomic E-state index is 11.3. The molecule has 8 heteroatoms. The maximum Gasteiger partial charge on any atom is 0.187 e. The summed E-state index contributed by atoms with van der Waals surface area (Å²) in [5.41, 5.74) is 1.11. The molecule has 8 nitrogen and oxygen atoms in total. The van der Waals surface area contributed by atoms with Gasteiger partial charge in [-0.05, 0) is 42.9 Å².